The minimum atomic E-state index is -0.318. The molecule has 0 aromatic heterocycles. The van der Waals surface area contributed by atoms with E-state index in [1.807, 2.05) is 11.8 Å². The van der Waals surface area contributed by atoms with E-state index in [0.717, 1.165) is 0 Å². The van der Waals surface area contributed by atoms with Crippen LogP contribution in [0.1, 0.15) is 13.8 Å². The Balaban J connectivity index is 1.97. The van der Waals surface area contributed by atoms with E-state index >= 15 is 0 Å². The fourth-order valence-electron chi connectivity index (χ4n) is 2.43. The highest BCUT2D eigenvalue weighted by Crippen LogP contribution is 2.30. The molecule has 0 aliphatic carbocycles. The molecule has 1 aliphatic rings. The summed E-state index contributed by atoms with van der Waals surface area (Å²) in [6.45, 7) is 6.02. The molecule has 120 valence electrons. The number of benzene rings is 1. The quantitative estimate of drug-likeness (QED) is 0.917. The van der Waals surface area contributed by atoms with E-state index in [1.54, 1.807) is 30.0 Å². The average Bonchev–Trinajstić information content (AvgIpc) is 2.50. The summed E-state index contributed by atoms with van der Waals surface area (Å²) in [4.78, 5) is 27.5. The monoisotopic (exact) mass is 343 g/mol. The molecular weight excluding hydrogens is 325 g/mol. The molecule has 1 aromatic carbocycles. The minimum absolute atomic E-state index is 0.0691. The van der Waals surface area contributed by atoms with Crippen LogP contribution in [-0.4, -0.2) is 53.8 Å². The van der Waals surface area contributed by atoms with E-state index in [9.17, 15) is 9.59 Å². The predicted molar refractivity (Wildman–Crippen MR) is 88.4 cm³/mol. The number of rotatable bonds is 3. The van der Waals surface area contributed by atoms with Crippen LogP contribution in [-0.2, 0) is 9.59 Å². The first-order chi connectivity index (χ1) is 10.4. The maximum Gasteiger partial charge on any atom is 0.241 e. The molecule has 0 saturated carbocycles. The van der Waals surface area contributed by atoms with Crippen molar-refractivity contribution in [1.29, 1.82) is 0 Å². The Kier molecular flexibility index (Phi) is 5.67. The first-order valence-corrected chi connectivity index (χ1v) is 7.90. The molecule has 2 rings (SSSR count). The number of anilines is 1. The summed E-state index contributed by atoms with van der Waals surface area (Å²) < 4.78 is 0. The second-order valence-corrected chi connectivity index (χ2v) is 6.12. The Hall–Kier alpha value is -1.30. The summed E-state index contributed by atoms with van der Waals surface area (Å²) in [7, 11) is 0. The van der Waals surface area contributed by atoms with Crippen LogP contribution in [0.3, 0.4) is 0 Å². The van der Waals surface area contributed by atoms with Gasteiger partial charge in [0.1, 0.15) is 0 Å². The van der Waals surface area contributed by atoms with Gasteiger partial charge in [-0.05, 0) is 19.1 Å². The normalized spacial score (nSPS) is 17.2. The maximum absolute atomic E-state index is 12.4. The molecule has 0 radical (unpaired) electrons. The first kappa shape index (κ1) is 17.1. The van der Waals surface area contributed by atoms with Crippen LogP contribution in [0, 0.1) is 0 Å². The van der Waals surface area contributed by atoms with Crippen molar-refractivity contribution in [2.24, 2.45) is 0 Å². The largest absolute Gasteiger partial charge is 0.340 e. The van der Waals surface area contributed by atoms with Crippen molar-refractivity contribution in [1.82, 2.24) is 9.80 Å². The second-order valence-electron chi connectivity index (χ2n) is 5.30. The van der Waals surface area contributed by atoms with E-state index in [-0.39, 0.29) is 17.9 Å². The smallest absolute Gasteiger partial charge is 0.241 e. The summed E-state index contributed by atoms with van der Waals surface area (Å²) >= 11 is 12.1. The Morgan fingerprint density at radius 1 is 1.14 bits per heavy atom. The maximum atomic E-state index is 12.4. The lowest BCUT2D eigenvalue weighted by atomic mass is 10.2. The molecule has 1 atom stereocenters. The molecule has 0 unspecified atom stereocenters. The number of hydrogen-bond donors (Lipinski definition) is 1. The van der Waals surface area contributed by atoms with Crippen molar-refractivity contribution in [3.05, 3.63) is 28.2 Å². The van der Waals surface area contributed by atoms with Gasteiger partial charge in [-0.2, -0.15) is 0 Å². The van der Waals surface area contributed by atoms with Gasteiger partial charge < -0.3 is 10.2 Å². The van der Waals surface area contributed by atoms with Crippen molar-refractivity contribution in [3.63, 3.8) is 0 Å². The number of amides is 2. The fourth-order valence-corrected chi connectivity index (χ4v) is 2.93. The molecule has 1 N–H and O–H groups in total. The van der Waals surface area contributed by atoms with Crippen molar-refractivity contribution in [3.8, 4) is 0 Å². The standard InChI is InChI=1S/C15H19Cl2N3O2/c1-10(19-6-8-20(9-7-19)11(2)21)15(22)18-14-12(16)4-3-5-13(14)17/h3-5,10H,6-9H2,1-2H3,(H,18,22)/t10-/m1/s1. The number of piperazine rings is 1. The van der Waals surface area contributed by atoms with Crippen molar-refractivity contribution >= 4 is 40.7 Å². The van der Waals surface area contributed by atoms with Crippen LogP contribution >= 0.6 is 23.2 Å². The van der Waals surface area contributed by atoms with Gasteiger partial charge in [0.15, 0.2) is 0 Å². The molecule has 1 aromatic rings. The Morgan fingerprint density at radius 2 is 1.68 bits per heavy atom. The van der Waals surface area contributed by atoms with Gasteiger partial charge >= 0.3 is 0 Å². The lowest BCUT2D eigenvalue weighted by molar-refractivity contribution is -0.131. The van der Waals surface area contributed by atoms with Gasteiger partial charge in [0.25, 0.3) is 0 Å². The zero-order chi connectivity index (χ0) is 16.3. The van der Waals surface area contributed by atoms with E-state index in [4.69, 9.17) is 23.2 Å². The molecule has 0 bridgehead atoms. The molecule has 7 heteroatoms. The van der Waals surface area contributed by atoms with Gasteiger partial charge in [-0.1, -0.05) is 29.3 Å². The topological polar surface area (TPSA) is 52.7 Å². The van der Waals surface area contributed by atoms with Gasteiger partial charge in [0, 0.05) is 33.1 Å². The highest BCUT2D eigenvalue weighted by molar-refractivity contribution is 6.39. The minimum Gasteiger partial charge on any atom is -0.340 e. The number of carbonyl (C=O) groups is 2. The third-order valence-corrected chi connectivity index (χ3v) is 4.53. The van der Waals surface area contributed by atoms with E-state index in [1.165, 1.54) is 0 Å². The number of para-hydroxylation sites is 1. The molecule has 1 aliphatic heterocycles. The first-order valence-electron chi connectivity index (χ1n) is 7.14. The molecule has 22 heavy (non-hydrogen) atoms. The highest BCUT2D eigenvalue weighted by Gasteiger charge is 2.27. The van der Waals surface area contributed by atoms with Crippen molar-refractivity contribution < 1.29 is 9.59 Å². The van der Waals surface area contributed by atoms with Crippen LogP contribution in [0.15, 0.2) is 18.2 Å². The molecule has 1 fully saturated rings. The molecule has 1 heterocycles. The lowest BCUT2D eigenvalue weighted by Gasteiger charge is -2.37. The highest BCUT2D eigenvalue weighted by atomic mass is 35.5. The Bertz CT molecular complexity index is 552. The molecular formula is C15H19Cl2N3O2. The van der Waals surface area contributed by atoms with E-state index in [0.29, 0.717) is 41.9 Å². The number of nitrogens with zero attached hydrogens (tertiary/aromatic N) is 2. The third-order valence-electron chi connectivity index (χ3n) is 3.90. The van der Waals surface area contributed by atoms with Crippen LogP contribution < -0.4 is 5.32 Å². The van der Waals surface area contributed by atoms with E-state index in [2.05, 4.69) is 5.32 Å². The number of carbonyl (C=O) groups excluding carboxylic acids is 2. The summed E-state index contributed by atoms with van der Waals surface area (Å²) in [5.41, 5.74) is 0.435. The predicted octanol–water partition coefficient (Wildman–Crippen LogP) is 2.48. The molecule has 0 spiro atoms. The van der Waals surface area contributed by atoms with E-state index < -0.39 is 0 Å². The van der Waals surface area contributed by atoms with Gasteiger partial charge in [-0.25, -0.2) is 0 Å². The van der Waals surface area contributed by atoms with Crippen LogP contribution in [0.4, 0.5) is 5.69 Å². The van der Waals surface area contributed by atoms with Crippen LogP contribution in [0.5, 0.6) is 0 Å². The summed E-state index contributed by atoms with van der Waals surface area (Å²) in [6, 6.07) is 4.77. The molecule has 1 saturated heterocycles. The Labute approximate surface area is 140 Å². The SMILES string of the molecule is CC(=O)N1CCN([C@H](C)C(=O)Nc2c(Cl)cccc2Cl)CC1. The van der Waals surface area contributed by atoms with Crippen molar-refractivity contribution in [2.75, 3.05) is 31.5 Å². The fraction of sp³-hybridized carbons (Fsp3) is 0.467. The number of hydrogen-bond acceptors (Lipinski definition) is 3. The van der Waals surface area contributed by atoms with Gasteiger partial charge in [-0.15, -0.1) is 0 Å². The second kappa shape index (κ2) is 7.31. The molecule has 2 amide bonds. The van der Waals surface area contributed by atoms with Gasteiger partial charge in [-0.3, -0.25) is 14.5 Å². The zero-order valence-electron chi connectivity index (χ0n) is 12.6. The van der Waals surface area contributed by atoms with Crippen LogP contribution in [0.25, 0.3) is 0 Å². The Morgan fingerprint density at radius 3 is 2.18 bits per heavy atom. The summed E-state index contributed by atoms with van der Waals surface area (Å²) in [5, 5.41) is 3.61. The third kappa shape index (κ3) is 3.91. The van der Waals surface area contributed by atoms with Crippen molar-refractivity contribution in [2.45, 2.75) is 19.9 Å². The summed E-state index contributed by atoms with van der Waals surface area (Å²) in [6.07, 6.45) is 0. The van der Waals surface area contributed by atoms with Crippen LogP contribution in [0.2, 0.25) is 10.0 Å². The zero-order valence-corrected chi connectivity index (χ0v) is 14.1. The molecule has 5 nitrogen and oxygen atoms in total. The lowest BCUT2D eigenvalue weighted by Crippen LogP contribution is -2.53. The van der Waals surface area contributed by atoms with Gasteiger partial charge in [0.2, 0.25) is 11.8 Å². The number of halogens is 2. The summed E-state index contributed by atoms with van der Waals surface area (Å²) in [5.74, 6) is -0.0918. The average molecular weight is 344 g/mol. The number of nitrogens with one attached hydrogen (secondary N) is 1. The van der Waals surface area contributed by atoms with Gasteiger partial charge in [0.05, 0.1) is 21.8 Å².